The van der Waals surface area contributed by atoms with Gasteiger partial charge in [0.1, 0.15) is 0 Å². The van der Waals surface area contributed by atoms with Crippen LogP contribution in [0.3, 0.4) is 0 Å². The minimum absolute atomic E-state index is 0.0394. The molecule has 0 aromatic carbocycles. The molecule has 0 spiro atoms. The van der Waals surface area contributed by atoms with E-state index in [1.807, 2.05) is 0 Å². The molecule has 0 aliphatic carbocycles. The Kier molecular flexibility index (Phi) is 8.16. The van der Waals surface area contributed by atoms with E-state index in [0.717, 1.165) is 19.3 Å². The number of nitrogens with one attached hydrogen (secondary N) is 1. The zero-order chi connectivity index (χ0) is 15.5. The van der Waals surface area contributed by atoms with E-state index in [9.17, 15) is 9.59 Å². The standard InChI is InChI=1S/C15H25N3O3/c1-2-3-4-5-6-7-11-18(12-8-13(19)20)15(21)14-16-9-10-17-14/h9-10H,2-8,11-12H2,1H3,(H,16,17)(H,19,20). The summed E-state index contributed by atoms with van der Waals surface area (Å²) in [6, 6.07) is 0. The quantitative estimate of drug-likeness (QED) is 0.614. The number of imidazole rings is 1. The number of aromatic amines is 1. The summed E-state index contributed by atoms with van der Waals surface area (Å²) in [7, 11) is 0. The number of rotatable bonds is 11. The van der Waals surface area contributed by atoms with Gasteiger partial charge >= 0.3 is 5.97 Å². The van der Waals surface area contributed by atoms with Crippen molar-refractivity contribution in [2.45, 2.75) is 51.9 Å². The van der Waals surface area contributed by atoms with Crippen molar-refractivity contribution >= 4 is 11.9 Å². The van der Waals surface area contributed by atoms with E-state index in [0.29, 0.717) is 6.54 Å². The zero-order valence-corrected chi connectivity index (χ0v) is 12.7. The Morgan fingerprint density at radius 1 is 1.19 bits per heavy atom. The lowest BCUT2D eigenvalue weighted by atomic mass is 10.1. The van der Waals surface area contributed by atoms with Crippen LogP contribution in [0.4, 0.5) is 0 Å². The predicted molar refractivity (Wildman–Crippen MR) is 80.1 cm³/mol. The number of carbonyl (C=O) groups is 2. The van der Waals surface area contributed by atoms with Crippen LogP contribution in [0.5, 0.6) is 0 Å². The maximum Gasteiger partial charge on any atom is 0.305 e. The minimum atomic E-state index is -0.893. The smallest absolute Gasteiger partial charge is 0.305 e. The number of amides is 1. The van der Waals surface area contributed by atoms with Crippen LogP contribution in [0.25, 0.3) is 0 Å². The molecule has 6 heteroatoms. The van der Waals surface area contributed by atoms with Crippen LogP contribution in [0.2, 0.25) is 0 Å². The van der Waals surface area contributed by atoms with Crippen molar-refractivity contribution in [3.63, 3.8) is 0 Å². The van der Waals surface area contributed by atoms with E-state index in [2.05, 4.69) is 16.9 Å². The fourth-order valence-electron chi connectivity index (χ4n) is 2.16. The van der Waals surface area contributed by atoms with Gasteiger partial charge in [-0.15, -0.1) is 0 Å². The average Bonchev–Trinajstić information content (AvgIpc) is 2.99. The highest BCUT2D eigenvalue weighted by Gasteiger charge is 2.18. The highest BCUT2D eigenvalue weighted by molar-refractivity contribution is 5.90. The van der Waals surface area contributed by atoms with Gasteiger partial charge in [0.05, 0.1) is 6.42 Å². The van der Waals surface area contributed by atoms with Gasteiger partial charge in [0.15, 0.2) is 5.82 Å². The third kappa shape index (κ3) is 6.92. The number of hydrogen-bond donors (Lipinski definition) is 2. The second kappa shape index (κ2) is 9.96. The van der Waals surface area contributed by atoms with Crippen LogP contribution in [-0.2, 0) is 4.79 Å². The summed E-state index contributed by atoms with van der Waals surface area (Å²) in [5.41, 5.74) is 0. The molecule has 0 fully saturated rings. The molecule has 1 rings (SSSR count). The summed E-state index contributed by atoms with van der Waals surface area (Å²) >= 11 is 0. The number of H-pyrrole nitrogens is 1. The number of hydrogen-bond acceptors (Lipinski definition) is 3. The largest absolute Gasteiger partial charge is 0.481 e. The Bertz CT molecular complexity index is 418. The van der Waals surface area contributed by atoms with Crippen molar-refractivity contribution in [2.24, 2.45) is 0 Å². The molecular formula is C15H25N3O3. The SMILES string of the molecule is CCCCCCCCN(CCC(=O)O)C(=O)c1ncc[nH]1. The molecule has 21 heavy (non-hydrogen) atoms. The number of carbonyl (C=O) groups excluding carboxylic acids is 1. The third-order valence-corrected chi connectivity index (χ3v) is 3.37. The number of carboxylic acid groups (broad SMARTS) is 1. The summed E-state index contributed by atoms with van der Waals surface area (Å²) in [5, 5.41) is 8.78. The molecule has 0 atom stereocenters. The van der Waals surface area contributed by atoms with Crippen LogP contribution in [0.1, 0.15) is 62.5 Å². The van der Waals surface area contributed by atoms with Crippen LogP contribution >= 0.6 is 0 Å². The van der Waals surface area contributed by atoms with Crippen molar-refractivity contribution < 1.29 is 14.7 Å². The lowest BCUT2D eigenvalue weighted by Crippen LogP contribution is -2.34. The van der Waals surface area contributed by atoms with E-state index in [-0.39, 0.29) is 24.7 Å². The van der Waals surface area contributed by atoms with E-state index in [4.69, 9.17) is 5.11 Å². The fraction of sp³-hybridized carbons (Fsp3) is 0.667. The predicted octanol–water partition coefficient (Wildman–Crippen LogP) is 2.69. The Morgan fingerprint density at radius 3 is 2.52 bits per heavy atom. The minimum Gasteiger partial charge on any atom is -0.481 e. The summed E-state index contributed by atoms with van der Waals surface area (Å²) in [6.07, 6.45) is 9.87. The Morgan fingerprint density at radius 2 is 1.90 bits per heavy atom. The van der Waals surface area contributed by atoms with Crippen LogP contribution in [0.15, 0.2) is 12.4 Å². The number of unbranched alkanes of at least 4 members (excludes halogenated alkanes) is 5. The molecule has 0 radical (unpaired) electrons. The van der Waals surface area contributed by atoms with Gasteiger partial charge in [0.2, 0.25) is 0 Å². The third-order valence-electron chi connectivity index (χ3n) is 3.37. The lowest BCUT2D eigenvalue weighted by molar-refractivity contribution is -0.137. The van der Waals surface area contributed by atoms with Gasteiger partial charge in [0, 0.05) is 25.5 Å². The molecule has 6 nitrogen and oxygen atoms in total. The van der Waals surface area contributed by atoms with Gasteiger partial charge in [0.25, 0.3) is 5.91 Å². The van der Waals surface area contributed by atoms with E-state index >= 15 is 0 Å². The van der Waals surface area contributed by atoms with Gasteiger partial charge < -0.3 is 15.0 Å². The molecule has 1 amide bonds. The summed E-state index contributed by atoms with van der Waals surface area (Å²) in [6.45, 7) is 2.98. The van der Waals surface area contributed by atoms with Crippen molar-refractivity contribution in [3.8, 4) is 0 Å². The number of aliphatic carboxylic acids is 1. The van der Waals surface area contributed by atoms with Crippen molar-refractivity contribution in [2.75, 3.05) is 13.1 Å². The van der Waals surface area contributed by atoms with E-state index in [1.165, 1.54) is 25.5 Å². The molecule has 0 saturated heterocycles. The normalized spacial score (nSPS) is 10.5. The molecule has 118 valence electrons. The molecular weight excluding hydrogens is 270 g/mol. The first-order chi connectivity index (χ1) is 10.1. The summed E-state index contributed by atoms with van der Waals surface area (Å²) < 4.78 is 0. The Labute approximate surface area is 125 Å². The summed E-state index contributed by atoms with van der Waals surface area (Å²) in [4.78, 5) is 31.2. The average molecular weight is 295 g/mol. The first-order valence-electron chi connectivity index (χ1n) is 7.65. The molecule has 0 unspecified atom stereocenters. The molecule has 1 heterocycles. The van der Waals surface area contributed by atoms with Gasteiger partial charge in [-0.2, -0.15) is 0 Å². The highest BCUT2D eigenvalue weighted by atomic mass is 16.4. The van der Waals surface area contributed by atoms with Crippen LogP contribution < -0.4 is 0 Å². The molecule has 2 N–H and O–H groups in total. The lowest BCUT2D eigenvalue weighted by Gasteiger charge is -2.20. The number of aromatic nitrogens is 2. The maximum atomic E-state index is 12.2. The van der Waals surface area contributed by atoms with Crippen LogP contribution in [0, 0.1) is 0 Å². The van der Waals surface area contributed by atoms with Gasteiger partial charge in [-0.25, -0.2) is 4.98 Å². The fourth-order valence-corrected chi connectivity index (χ4v) is 2.16. The second-order valence-corrected chi connectivity index (χ2v) is 5.14. The molecule has 0 bridgehead atoms. The number of nitrogens with zero attached hydrogens (tertiary/aromatic N) is 2. The van der Waals surface area contributed by atoms with Gasteiger partial charge in [-0.05, 0) is 6.42 Å². The van der Waals surface area contributed by atoms with Gasteiger partial charge in [-0.3, -0.25) is 9.59 Å². The molecule has 0 saturated carbocycles. The van der Waals surface area contributed by atoms with Crippen molar-refractivity contribution in [3.05, 3.63) is 18.2 Å². The van der Waals surface area contributed by atoms with E-state index < -0.39 is 5.97 Å². The highest BCUT2D eigenvalue weighted by Crippen LogP contribution is 2.08. The topological polar surface area (TPSA) is 86.3 Å². The van der Waals surface area contributed by atoms with Crippen molar-refractivity contribution in [1.82, 2.24) is 14.9 Å². The molecule has 1 aromatic rings. The molecule has 0 aliphatic heterocycles. The number of carboxylic acids is 1. The Balaban J connectivity index is 2.41. The molecule has 1 aromatic heterocycles. The Hall–Kier alpha value is -1.85. The van der Waals surface area contributed by atoms with Crippen molar-refractivity contribution in [1.29, 1.82) is 0 Å². The summed E-state index contributed by atoms with van der Waals surface area (Å²) in [5.74, 6) is -0.851. The molecule has 0 aliphatic rings. The first kappa shape index (κ1) is 17.2. The first-order valence-corrected chi connectivity index (χ1v) is 7.65. The van der Waals surface area contributed by atoms with E-state index in [1.54, 1.807) is 11.1 Å². The van der Waals surface area contributed by atoms with Crippen LogP contribution in [-0.4, -0.2) is 44.9 Å². The zero-order valence-electron chi connectivity index (χ0n) is 12.7. The monoisotopic (exact) mass is 295 g/mol. The second-order valence-electron chi connectivity index (χ2n) is 5.14. The van der Waals surface area contributed by atoms with Gasteiger partial charge in [-0.1, -0.05) is 39.0 Å². The maximum absolute atomic E-state index is 12.2.